The van der Waals surface area contributed by atoms with E-state index in [0.717, 1.165) is 51.4 Å². The molecule has 0 fully saturated rings. The number of unbranched alkanes of at least 4 members (excludes halogenated alkanes) is 38. The van der Waals surface area contributed by atoms with Gasteiger partial charge in [-0.15, -0.1) is 0 Å². The van der Waals surface area contributed by atoms with Crippen molar-refractivity contribution in [2.45, 2.75) is 309 Å². The zero-order valence-electron chi connectivity index (χ0n) is 48.4. The average molecular weight is 1030 g/mol. The number of aliphatic hydroxyl groups is 1. The number of phosphoric acid groups is 1. The number of aliphatic hydroxyl groups excluding tert-OH is 1. The van der Waals surface area contributed by atoms with E-state index in [1.807, 2.05) is 27.2 Å². The maximum absolute atomic E-state index is 13.0. The van der Waals surface area contributed by atoms with E-state index in [1.165, 1.54) is 225 Å². The van der Waals surface area contributed by atoms with Gasteiger partial charge in [0.05, 0.1) is 39.9 Å². The Morgan fingerprint density at radius 3 is 1.14 bits per heavy atom. The van der Waals surface area contributed by atoms with Crippen LogP contribution in [0.15, 0.2) is 48.6 Å². The van der Waals surface area contributed by atoms with Gasteiger partial charge in [-0.25, -0.2) is 4.57 Å². The van der Waals surface area contributed by atoms with E-state index in [1.54, 1.807) is 6.08 Å². The molecule has 0 aliphatic rings. The normalized spacial score (nSPS) is 14.2. The van der Waals surface area contributed by atoms with Gasteiger partial charge in [-0.1, -0.05) is 268 Å². The molecule has 72 heavy (non-hydrogen) atoms. The van der Waals surface area contributed by atoms with Crippen LogP contribution in [0.5, 0.6) is 0 Å². The molecule has 0 radical (unpaired) electrons. The summed E-state index contributed by atoms with van der Waals surface area (Å²) in [7, 11) is 1.55. The van der Waals surface area contributed by atoms with Gasteiger partial charge >= 0.3 is 7.82 Å². The number of carbonyl (C=O) groups excluding carboxylic acids is 1. The summed E-state index contributed by atoms with van der Waals surface area (Å²) in [5, 5.41) is 13.9. The third-order valence-corrected chi connectivity index (χ3v) is 15.0. The summed E-state index contributed by atoms with van der Waals surface area (Å²) in [6.45, 7) is 4.77. The molecule has 0 aliphatic carbocycles. The Labute approximate surface area is 448 Å². The third kappa shape index (κ3) is 56.2. The highest BCUT2D eigenvalue weighted by atomic mass is 31.2. The summed E-state index contributed by atoms with van der Waals surface area (Å²) in [6.07, 6.45) is 72.6. The summed E-state index contributed by atoms with van der Waals surface area (Å²) >= 11 is 0. The molecule has 3 atom stereocenters. The monoisotopic (exact) mass is 1030 g/mol. The Morgan fingerprint density at radius 1 is 0.458 bits per heavy atom. The fourth-order valence-corrected chi connectivity index (χ4v) is 9.87. The summed E-state index contributed by atoms with van der Waals surface area (Å²) in [5.41, 5.74) is 0. The van der Waals surface area contributed by atoms with Crippen molar-refractivity contribution in [3.8, 4) is 0 Å². The third-order valence-electron chi connectivity index (χ3n) is 14.0. The number of rotatable bonds is 57. The molecule has 0 rings (SSSR count). The largest absolute Gasteiger partial charge is 0.472 e. The standard InChI is InChI=1S/C63H121N2O6P/c1-6-8-10-12-14-16-18-20-21-22-23-24-25-26-27-28-29-30-31-32-33-34-35-36-37-38-39-40-41-42-43-45-47-49-51-53-55-57-63(67)64-61(60-71-72(68,69)70-59-58-65(3,4)5)62(66)56-54-52-50-48-46-44-19-17-15-13-11-9-7-2/h15,17,22-23,46,48,54,56,61-62,66H,6-14,16,18-21,24-45,47,49-53,55,57-60H2,1-5H3,(H-,64,67,68,69)/p+1/b17-15+,23-22-,48-46+,56-54+. The van der Waals surface area contributed by atoms with Gasteiger partial charge in [0.15, 0.2) is 0 Å². The minimum atomic E-state index is -4.35. The second-order valence-electron chi connectivity index (χ2n) is 22.4. The first-order valence-electron chi connectivity index (χ1n) is 31.0. The van der Waals surface area contributed by atoms with Crippen molar-refractivity contribution in [2.75, 3.05) is 40.9 Å². The smallest absolute Gasteiger partial charge is 0.387 e. The van der Waals surface area contributed by atoms with Crippen molar-refractivity contribution in [3.05, 3.63) is 48.6 Å². The van der Waals surface area contributed by atoms with Crippen LogP contribution < -0.4 is 5.32 Å². The molecule has 0 aromatic rings. The van der Waals surface area contributed by atoms with Gasteiger partial charge in [-0.2, -0.15) is 0 Å². The molecule has 0 aliphatic heterocycles. The number of carbonyl (C=O) groups is 1. The molecule has 9 heteroatoms. The molecule has 0 spiro atoms. The van der Waals surface area contributed by atoms with Crippen molar-refractivity contribution in [2.24, 2.45) is 0 Å². The van der Waals surface area contributed by atoms with Gasteiger partial charge in [0, 0.05) is 6.42 Å². The van der Waals surface area contributed by atoms with E-state index in [9.17, 15) is 19.4 Å². The van der Waals surface area contributed by atoms with Crippen LogP contribution in [0.3, 0.4) is 0 Å². The Bertz CT molecular complexity index is 1310. The molecule has 3 unspecified atom stereocenters. The van der Waals surface area contributed by atoms with E-state index in [-0.39, 0.29) is 19.1 Å². The molecule has 0 saturated heterocycles. The number of amides is 1. The SMILES string of the molecule is CCCCC/C=C/CC/C=C/CC/C=C/C(O)C(COP(=O)(O)OCC[N+](C)(C)C)NC(=O)CCCCCCCCCCCCCCCCCCCCCCCCCCC/C=C\CCCCCCCCCC. The Hall–Kier alpha value is -1.54. The van der Waals surface area contributed by atoms with E-state index in [2.05, 4.69) is 55.6 Å². The van der Waals surface area contributed by atoms with E-state index < -0.39 is 20.0 Å². The molecular weight excluding hydrogens is 912 g/mol. The highest BCUT2D eigenvalue weighted by Crippen LogP contribution is 2.43. The average Bonchev–Trinajstić information content (AvgIpc) is 3.34. The number of nitrogens with one attached hydrogen (secondary N) is 1. The zero-order valence-corrected chi connectivity index (χ0v) is 49.3. The molecule has 1 amide bonds. The number of hydrogen-bond donors (Lipinski definition) is 3. The van der Waals surface area contributed by atoms with E-state index in [0.29, 0.717) is 17.4 Å². The molecule has 0 aromatic heterocycles. The minimum Gasteiger partial charge on any atom is -0.387 e. The highest BCUT2D eigenvalue weighted by Gasteiger charge is 2.27. The van der Waals surface area contributed by atoms with Crippen LogP contribution in [0.1, 0.15) is 296 Å². The number of hydrogen-bond acceptors (Lipinski definition) is 5. The first-order valence-corrected chi connectivity index (χ1v) is 32.5. The van der Waals surface area contributed by atoms with Gasteiger partial charge in [-0.05, 0) is 70.6 Å². The van der Waals surface area contributed by atoms with Crippen LogP contribution in [0.4, 0.5) is 0 Å². The maximum atomic E-state index is 13.0. The Morgan fingerprint density at radius 2 is 0.764 bits per heavy atom. The maximum Gasteiger partial charge on any atom is 0.472 e. The predicted molar refractivity (Wildman–Crippen MR) is 314 cm³/mol. The summed E-state index contributed by atoms with van der Waals surface area (Å²) in [4.78, 5) is 23.3. The van der Waals surface area contributed by atoms with Crippen molar-refractivity contribution in [3.63, 3.8) is 0 Å². The highest BCUT2D eigenvalue weighted by molar-refractivity contribution is 7.47. The van der Waals surface area contributed by atoms with E-state index in [4.69, 9.17) is 9.05 Å². The summed E-state index contributed by atoms with van der Waals surface area (Å²) < 4.78 is 23.6. The summed E-state index contributed by atoms with van der Waals surface area (Å²) in [6, 6.07) is -0.868. The lowest BCUT2D eigenvalue weighted by Crippen LogP contribution is -2.45. The van der Waals surface area contributed by atoms with Crippen LogP contribution in [0.2, 0.25) is 0 Å². The van der Waals surface area contributed by atoms with Gasteiger partial charge in [0.25, 0.3) is 0 Å². The lowest BCUT2D eigenvalue weighted by atomic mass is 10.0. The minimum absolute atomic E-state index is 0.0541. The van der Waals surface area contributed by atoms with E-state index >= 15 is 0 Å². The van der Waals surface area contributed by atoms with Crippen LogP contribution in [-0.2, 0) is 18.4 Å². The molecular formula is C63H122N2O6P+. The second-order valence-corrected chi connectivity index (χ2v) is 23.9. The second kappa shape index (κ2) is 54.3. The zero-order chi connectivity index (χ0) is 52.7. The van der Waals surface area contributed by atoms with Gasteiger partial charge in [-0.3, -0.25) is 13.8 Å². The fraction of sp³-hybridized carbons (Fsp3) is 0.857. The Balaban J connectivity index is 3.91. The predicted octanol–water partition coefficient (Wildman–Crippen LogP) is 19.1. The molecule has 3 N–H and O–H groups in total. The number of quaternary nitrogens is 1. The number of likely N-dealkylation sites (N-methyl/N-ethyl adjacent to an activating group) is 1. The lowest BCUT2D eigenvalue weighted by Gasteiger charge is -2.25. The molecule has 0 aromatic carbocycles. The van der Waals surface area contributed by atoms with Crippen LogP contribution in [0.25, 0.3) is 0 Å². The number of nitrogens with zero attached hydrogens (tertiary/aromatic N) is 1. The molecule has 0 saturated carbocycles. The topological polar surface area (TPSA) is 105 Å². The van der Waals surface area contributed by atoms with Crippen LogP contribution in [0, 0.1) is 0 Å². The Kier molecular flexibility index (Phi) is 53.1. The van der Waals surface area contributed by atoms with Crippen LogP contribution >= 0.6 is 7.82 Å². The lowest BCUT2D eigenvalue weighted by molar-refractivity contribution is -0.870. The molecule has 0 bridgehead atoms. The first kappa shape index (κ1) is 70.5. The molecule has 8 nitrogen and oxygen atoms in total. The van der Waals surface area contributed by atoms with Gasteiger partial charge in [0.1, 0.15) is 13.2 Å². The fourth-order valence-electron chi connectivity index (χ4n) is 9.13. The molecule has 424 valence electrons. The van der Waals surface area contributed by atoms with Crippen LogP contribution in [-0.4, -0.2) is 73.4 Å². The number of phosphoric ester groups is 1. The summed E-state index contributed by atoms with van der Waals surface area (Å²) in [5.74, 6) is -0.188. The number of allylic oxidation sites excluding steroid dienone is 7. The quantitative estimate of drug-likeness (QED) is 0.0243. The van der Waals surface area contributed by atoms with Crippen molar-refractivity contribution in [1.82, 2.24) is 5.32 Å². The van der Waals surface area contributed by atoms with Gasteiger partial charge < -0.3 is 19.8 Å². The van der Waals surface area contributed by atoms with Crippen molar-refractivity contribution in [1.29, 1.82) is 0 Å². The van der Waals surface area contributed by atoms with Gasteiger partial charge in [0.2, 0.25) is 5.91 Å². The first-order chi connectivity index (χ1) is 35.0. The van der Waals surface area contributed by atoms with Crippen molar-refractivity contribution >= 4 is 13.7 Å². The molecule has 0 heterocycles. The van der Waals surface area contributed by atoms with Crippen molar-refractivity contribution < 1.29 is 32.9 Å².